The van der Waals surface area contributed by atoms with Gasteiger partial charge >= 0.3 is 18.1 Å². The highest BCUT2D eigenvalue weighted by molar-refractivity contribution is 7.99. The number of carbonyl (C=O) groups is 3. The highest BCUT2D eigenvalue weighted by Gasteiger charge is 2.47. The number of nitrogens with one attached hydrogen (secondary N) is 1. The van der Waals surface area contributed by atoms with Gasteiger partial charge in [0.15, 0.2) is 6.29 Å². The third-order valence-electron chi connectivity index (χ3n) is 8.99. The van der Waals surface area contributed by atoms with Crippen molar-refractivity contribution in [2.24, 2.45) is 0 Å². The number of rotatable bonds is 11. The number of hydrogen-bond donors (Lipinski definition) is 3. The number of aliphatic hydroxyl groups excluding tert-OH is 1. The van der Waals surface area contributed by atoms with Gasteiger partial charge in [0.2, 0.25) is 5.91 Å². The molecular weight excluding hydrogens is 699 g/mol. The van der Waals surface area contributed by atoms with E-state index in [1.807, 2.05) is 66.7 Å². The smallest absolute Gasteiger partial charge is 0.471 e. The number of halogens is 3. The summed E-state index contributed by atoms with van der Waals surface area (Å²) in [7, 11) is 0. The Hall–Kier alpha value is -4.76. The first-order valence-electron chi connectivity index (χ1n) is 16.7. The number of aromatic nitrogens is 1. The number of thioether (sulfide) groups is 1. The zero-order valence-electron chi connectivity index (χ0n) is 27.8. The summed E-state index contributed by atoms with van der Waals surface area (Å²) in [4.78, 5) is 41.2. The molecule has 0 aliphatic carbocycles. The molecule has 0 spiro atoms. The van der Waals surface area contributed by atoms with Gasteiger partial charge in [-0.2, -0.15) is 13.2 Å². The molecule has 4 unspecified atom stereocenters. The molecule has 6 rings (SSSR count). The van der Waals surface area contributed by atoms with Gasteiger partial charge in [-0.25, -0.2) is 9.78 Å². The number of benzene rings is 3. The van der Waals surface area contributed by atoms with Crippen LogP contribution in [0.1, 0.15) is 64.3 Å². The molecule has 2 aliphatic rings. The van der Waals surface area contributed by atoms with Crippen LogP contribution in [0.2, 0.25) is 0 Å². The van der Waals surface area contributed by atoms with Crippen LogP contribution in [0.25, 0.3) is 11.1 Å². The van der Waals surface area contributed by atoms with E-state index in [0.29, 0.717) is 28.5 Å². The van der Waals surface area contributed by atoms with Crippen LogP contribution in [0.3, 0.4) is 0 Å². The van der Waals surface area contributed by atoms with Crippen LogP contribution in [0, 0.1) is 0 Å². The van der Waals surface area contributed by atoms with Gasteiger partial charge in [-0.15, -0.1) is 11.8 Å². The zero-order valence-corrected chi connectivity index (χ0v) is 28.6. The van der Waals surface area contributed by atoms with Crippen LogP contribution in [-0.2, 0) is 32.2 Å². The zero-order chi connectivity index (χ0) is 36.8. The Morgan fingerprint density at radius 1 is 0.923 bits per heavy atom. The molecule has 52 heavy (non-hydrogen) atoms. The molecule has 0 radical (unpaired) electrons. The van der Waals surface area contributed by atoms with E-state index < -0.39 is 36.3 Å². The average molecular weight is 736 g/mol. The second-order valence-corrected chi connectivity index (χ2v) is 13.5. The van der Waals surface area contributed by atoms with Crippen molar-refractivity contribution in [3.63, 3.8) is 0 Å². The van der Waals surface area contributed by atoms with E-state index in [1.54, 1.807) is 18.3 Å². The quantitative estimate of drug-likeness (QED) is 0.149. The van der Waals surface area contributed by atoms with Gasteiger partial charge in [0, 0.05) is 37.0 Å². The first-order valence-corrected chi connectivity index (χ1v) is 17.6. The number of likely N-dealkylation sites (tertiary alicyclic amines) is 1. The van der Waals surface area contributed by atoms with Crippen molar-refractivity contribution in [3.8, 4) is 11.1 Å². The van der Waals surface area contributed by atoms with Crippen molar-refractivity contribution in [1.29, 1.82) is 0 Å². The number of amides is 2. The Morgan fingerprint density at radius 2 is 1.67 bits per heavy atom. The third-order valence-corrected chi connectivity index (χ3v) is 10.1. The molecule has 10 nitrogen and oxygen atoms in total. The predicted octanol–water partition coefficient (Wildman–Crippen LogP) is 6.45. The fourth-order valence-electron chi connectivity index (χ4n) is 6.31. The van der Waals surface area contributed by atoms with Crippen molar-refractivity contribution in [2.45, 2.75) is 68.2 Å². The maximum Gasteiger partial charge on any atom is 0.471 e. The first-order chi connectivity index (χ1) is 25.0. The van der Waals surface area contributed by atoms with Gasteiger partial charge in [0.25, 0.3) is 0 Å². The summed E-state index contributed by atoms with van der Waals surface area (Å²) in [6.07, 6.45) is -3.88. The molecule has 3 N–H and O–H groups in total. The molecule has 2 aliphatic heterocycles. The van der Waals surface area contributed by atoms with Crippen LogP contribution >= 0.6 is 11.8 Å². The van der Waals surface area contributed by atoms with Gasteiger partial charge in [-0.05, 0) is 58.9 Å². The lowest BCUT2D eigenvalue weighted by Crippen LogP contribution is -2.50. The van der Waals surface area contributed by atoms with Crippen molar-refractivity contribution in [1.82, 2.24) is 15.2 Å². The molecule has 272 valence electrons. The summed E-state index contributed by atoms with van der Waals surface area (Å²) >= 11 is 1.30. The van der Waals surface area contributed by atoms with Crippen molar-refractivity contribution in [2.75, 3.05) is 12.3 Å². The summed E-state index contributed by atoms with van der Waals surface area (Å²) < 4.78 is 51.9. The lowest BCUT2D eigenvalue weighted by Gasteiger charge is -2.36. The second kappa shape index (κ2) is 16.3. The normalized spacial score (nSPS) is 20.4. The van der Waals surface area contributed by atoms with Crippen LogP contribution in [-0.4, -0.2) is 68.5 Å². The number of ether oxygens (including phenoxy) is 2. The first kappa shape index (κ1) is 37.0. The number of carboxylic acids is 1. The van der Waals surface area contributed by atoms with Crippen molar-refractivity contribution >= 4 is 29.5 Å². The number of carboxylic acid groups (broad SMARTS) is 1. The molecular formula is C38H36F3N3O7S. The topological polar surface area (TPSA) is 138 Å². The van der Waals surface area contributed by atoms with Crippen LogP contribution in [0.15, 0.2) is 96.2 Å². The maximum atomic E-state index is 13.0. The molecule has 4 aromatic rings. The summed E-state index contributed by atoms with van der Waals surface area (Å²) in [5.41, 5.74) is 5.01. The highest BCUT2D eigenvalue weighted by atomic mass is 32.2. The highest BCUT2D eigenvalue weighted by Crippen LogP contribution is 2.40. The number of aliphatic hydroxyl groups is 1. The molecule has 0 bridgehead atoms. The molecule has 14 heteroatoms. The van der Waals surface area contributed by atoms with E-state index in [-0.39, 0.29) is 43.9 Å². The Kier molecular flexibility index (Phi) is 11.6. The van der Waals surface area contributed by atoms with Crippen LogP contribution < -0.4 is 5.32 Å². The Bertz CT molecular complexity index is 1890. The number of pyridine rings is 1. The van der Waals surface area contributed by atoms with Crippen LogP contribution in [0.4, 0.5) is 13.2 Å². The third kappa shape index (κ3) is 8.81. The van der Waals surface area contributed by atoms with E-state index in [1.165, 1.54) is 17.8 Å². The second-order valence-electron chi connectivity index (χ2n) is 12.5. The summed E-state index contributed by atoms with van der Waals surface area (Å²) in [6, 6.07) is 24.4. The maximum absolute atomic E-state index is 13.0. The van der Waals surface area contributed by atoms with Gasteiger partial charge in [-0.3, -0.25) is 9.59 Å². The fourth-order valence-corrected chi connectivity index (χ4v) is 7.31. The molecule has 0 saturated carbocycles. The average Bonchev–Trinajstić information content (AvgIpc) is 3.66. The van der Waals surface area contributed by atoms with Crippen molar-refractivity contribution < 1.29 is 47.2 Å². The molecule has 2 saturated heterocycles. The number of alkyl halides is 3. The van der Waals surface area contributed by atoms with Crippen molar-refractivity contribution in [3.05, 3.63) is 119 Å². The minimum absolute atomic E-state index is 0.0750. The monoisotopic (exact) mass is 735 g/mol. The molecule has 1 aromatic heterocycles. The van der Waals surface area contributed by atoms with E-state index in [0.717, 1.165) is 33.4 Å². The number of aromatic carboxylic acids is 1. The molecule has 3 heterocycles. The van der Waals surface area contributed by atoms with Gasteiger partial charge in [0.05, 0.1) is 24.4 Å². The number of hydrogen-bond acceptors (Lipinski definition) is 8. The predicted molar refractivity (Wildman–Crippen MR) is 185 cm³/mol. The summed E-state index contributed by atoms with van der Waals surface area (Å²) in [6.45, 7) is -0.120. The minimum atomic E-state index is -5.04. The van der Waals surface area contributed by atoms with Gasteiger partial charge in [-0.1, -0.05) is 66.7 Å². The standard InChI is InChI=1S/C38H36F3N3O7S/c39-38(40,41)37(49)44-17-3-7-31(44)33(46)43-20-24-4-1-5-28(18-24)25-12-14-27(15-13-25)36-50-29(22-52-34-30(35(47)48)6-2-16-42-34)19-32(51-36)26-10-8-23(21-45)9-11-26/h1-2,4-6,8-16,18,29,31-32,36,45H,3,7,17,19-22H2,(H,43,46)(H,47,48). The summed E-state index contributed by atoms with van der Waals surface area (Å²) in [5.74, 6) is -3.25. The fraction of sp³-hybridized carbons (Fsp3) is 0.316. The Balaban J connectivity index is 1.14. The van der Waals surface area contributed by atoms with E-state index in [9.17, 15) is 37.8 Å². The molecule has 3 aromatic carbocycles. The van der Waals surface area contributed by atoms with E-state index >= 15 is 0 Å². The Labute approximate surface area is 302 Å². The van der Waals surface area contributed by atoms with Gasteiger partial charge < -0.3 is 29.9 Å². The number of nitrogens with zero attached hydrogens (tertiary/aromatic N) is 2. The molecule has 2 amide bonds. The largest absolute Gasteiger partial charge is 0.478 e. The Morgan fingerprint density at radius 3 is 2.38 bits per heavy atom. The lowest BCUT2D eigenvalue weighted by atomic mass is 9.99. The summed E-state index contributed by atoms with van der Waals surface area (Å²) in [5, 5.41) is 22.2. The van der Waals surface area contributed by atoms with Gasteiger partial charge in [0.1, 0.15) is 11.1 Å². The molecule has 4 atom stereocenters. The minimum Gasteiger partial charge on any atom is -0.478 e. The van der Waals surface area contributed by atoms with Crippen LogP contribution in [0.5, 0.6) is 0 Å². The SMILES string of the molecule is O=C(O)c1cccnc1SCC1CC(c2ccc(CO)cc2)OC(c2ccc(-c3cccc(CNC(=O)C4CCCN4C(=O)C(F)(F)F)c3)cc2)O1. The molecule has 2 fully saturated rings. The lowest BCUT2D eigenvalue weighted by molar-refractivity contribution is -0.245. The van der Waals surface area contributed by atoms with E-state index in [4.69, 9.17) is 9.47 Å². The van der Waals surface area contributed by atoms with E-state index in [2.05, 4.69) is 10.3 Å². The number of carbonyl (C=O) groups excluding carboxylic acids is 2.